The molecule has 2 heterocycles. The smallest absolute Gasteiger partial charge is 0.174 e. The Labute approximate surface area is 80.1 Å². The summed E-state index contributed by atoms with van der Waals surface area (Å²) in [6.07, 6.45) is 8.71. The molecule has 2 rings (SSSR count). The van der Waals surface area contributed by atoms with Crippen LogP contribution in [0.4, 0.5) is 0 Å². The molecule has 0 N–H and O–H groups in total. The van der Waals surface area contributed by atoms with Crippen LogP contribution in [0.15, 0.2) is 41.2 Å². The topological polar surface area (TPSA) is 43.6 Å². The van der Waals surface area contributed by atoms with Gasteiger partial charge in [0.05, 0.1) is 6.20 Å². The molecule has 0 amide bonds. The second-order valence-electron chi connectivity index (χ2n) is 2.47. The molecule has 4 nitrogen and oxygen atoms in total. The second-order valence-corrected chi connectivity index (χ2v) is 3.45. The van der Waals surface area contributed by atoms with Gasteiger partial charge in [0.2, 0.25) is 0 Å². The summed E-state index contributed by atoms with van der Waals surface area (Å²) in [7, 11) is 1.95. The number of hydrogen-bond acceptors (Lipinski definition) is 4. The van der Waals surface area contributed by atoms with E-state index in [0.29, 0.717) is 0 Å². The van der Waals surface area contributed by atoms with E-state index in [-0.39, 0.29) is 0 Å². The maximum absolute atomic E-state index is 4.17. The third kappa shape index (κ3) is 1.86. The zero-order chi connectivity index (χ0) is 9.10. The van der Waals surface area contributed by atoms with Crippen LogP contribution in [0.1, 0.15) is 0 Å². The molecule has 2 aromatic rings. The number of hydrogen-bond donors (Lipinski definition) is 0. The van der Waals surface area contributed by atoms with E-state index in [1.54, 1.807) is 24.8 Å². The maximum atomic E-state index is 4.17. The van der Waals surface area contributed by atoms with Gasteiger partial charge in [-0.3, -0.25) is 4.98 Å². The summed E-state index contributed by atoms with van der Waals surface area (Å²) in [5.41, 5.74) is 0. The van der Waals surface area contributed by atoms with E-state index in [1.807, 2.05) is 17.8 Å². The molecule has 0 unspecified atom stereocenters. The molecule has 0 spiro atoms. The molecule has 0 aliphatic carbocycles. The Morgan fingerprint density at radius 3 is 2.77 bits per heavy atom. The third-order valence-electron chi connectivity index (χ3n) is 1.51. The third-order valence-corrected chi connectivity index (χ3v) is 2.51. The van der Waals surface area contributed by atoms with E-state index in [2.05, 4.69) is 15.0 Å². The van der Waals surface area contributed by atoms with E-state index in [0.717, 1.165) is 10.2 Å². The van der Waals surface area contributed by atoms with Crippen molar-refractivity contribution in [3.8, 4) is 0 Å². The Morgan fingerprint density at radius 1 is 1.23 bits per heavy atom. The molecule has 0 fully saturated rings. The van der Waals surface area contributed by atoms with Crippen molar-refractivity contribution >= 4 is 11.8 Å². The fraction of sp³-hybridized carbons (Fsp3) is 0.125. The van der Waals surface area contributed by atoms with Gasteiger partial charge in [-0.1, -0.05) is 0 Å². The van der Waals surface area contributed by atoms with Gasteiger partial charge in [-0.2, -0.15) is 0 Å². The maximum Gasteiger partial charge on any atom is 0.174 e. The van der Waals surface area contributed by atoms with Gasteiger partial charge in [-0.15, -0.1) is 0 Å². The van der Waals surface area contributed by atoms with Crippen LogP contribution in [0, 0.1) is 0 Å². The van der Waals surface area contributed by atoms with Crippen molar-refractivity contribution in [2.75, 3.05) is 0 Å². The van der Waals surface area contributed by atoms with Gasteiger partial charge in [0.15, 0.2) is 5.16 Å². The molecule has 0 aliphatic heterocycles. The first kappa shape index (κ1) is 8.25. The Bertz CT molecular complexity index is 384. The lowest BCUT2D eigenvalue weighted by Crippen LogP contribution is -1.89. The predicted octanol–water partition coefficient (Wildman–Crippen LogP) is 1.36. The van der Waals surface area contributed by atoms with Crippen LogP contribution in [0.3, 0.4) is 0 Å². The highest BCUT2D eigenvalue weighted by Crippen LogP contribution is 2.21. The molecule has 2 aromatic heterocycles. The first-order valence-electron chi connectivity index (χ1n) is 3.77. The summed E-state index contributed by atoms with van der Waals surface area (Å²) in [4.78, 5) is 12.3. The van der Waals surface area contributed by atoms with Crippen molar-refractivity contribution in [1.29, 1.82) is 0 Å². The molecular formula is C8H8N4S. The number of imidazole rings is 1. The zero-order valence-electron chi connectivity index (χ0n) is 7.08. The quantitative estimate of drug-likeness (QED) is 0.720. The summed E-state index contributed by atoms with van der Waals surface area (Å²) in [5.74, 6) is 0. The summed E-state index contributed by atoms with van der Waals surface area (Å²) in [6, 6.07) is 0. The number of aromatic nitrogens is 4. The molecule has 13 heavy (non-hydrogen) atoms. The van der Waals surface area contributed by atoms with Crippen LogP contribution in [-0.2, 0) is 7.05 Å². The molecule has 0 atom stereocenters. The minimum Gasteiger partial charge on any atom is -0.329 e. The normalized spacial score (nSPS) is 10.2. The van der Waals surface area contributed by atoms with Crippen LogP contribution in [0.2, 0.25) is 0 Å². The van der Waals surface area contributed by atoms with E-state index in [9.17, 15) is 0 Å². The van der Waals surface area contributed by atoms with Gasteiger partial charge in [0.1, 0.15) is 5.03 Å². The Kier molecular flexibility index (Phi) is 2.27. The highest BCUT2D eigenvalue weighted by atomic mass is 32.2. The van der Waals surface area contributed by atoms with Crippen molar-refractivity contribution in [3.63, 3.8) is 0 Å². The number of rotatable bonds is 2. The first-order valence-corrected chi connectivity index (χ1v) is 4.59. The SMILES string of the molecule is Cn1ccnc1Sc1cnccn1. The average Bonchev–Trinajstić information content (AvgIpc) is 2.54. The Balaban J connectivity index is 2.20. The average molecular weight is 192 g/mol. The van der Waals surface area contributed by atoms with Gasteiger partial charge in [0.25, 0.3) is 0 Å². The molecule has 0 bridgehead atoms. The minimum atomic E-state index is 0.858. The van der Waals surface area contributed by atoms with Crippen LogP contribution in [0.25, 0.3) is 0 Å². The lowest BCUT2D eigenvalue weighted by Gasteiger charge is -1.98. The highest BCUT2D eigenvalue weighted by Gasteiger charge is 2.02. The molecule has 0 saturated carbocycles. The molecule has 0 saturated heterocycles. The Morgan fingerprint density at radius 2 is 2.15 bits per heavy atom. The molecule has 5 heteroatoms. The van der Waals surface area contributed by atoms with Gasteiger partial charge < -0.3 is 4.57 Å². The van der Waals surface area contributed by atoms with Crippen molar-refractivity contribution in [2.24, 2.45) is 7.05 Å². The summed E-state index contributed by atoms with van der Waals surface area (Å²) >= 11 is 1.50. The van der Waals surface area contributed by atoms with Crippen molar-refractivity contribution in [2.45, 2.75) is 10.2 Å². The fourth-order valence-corrected chi connectivity index (χ4v) is 1.61. The lowest BCUT2D eigenvalue weighted by atomic mass is 10.8. The molecular weight excluding hydrogens is 184 g/mol. The standard InChI is InChI=1S/C8H8N4S/c1-12-5-4-11-8(12)13-7-6-9-2-3-10-7/h2-6H,1H3. The number of aryl methyl sites for hydroxylation is 1. The molecule has 0 aromatic carbocycles. The van der Waals surface area contributed by atoms with Crippen LogP contribution < -0.4 is 0 Å². The van der Waals surface area contributed by atoms with Gasteiger partial charge in [-0.25, -0.2) is 9.97 Å². The van der Waals surface area contributed by atoms with Crippen LogP contribution in [-0.4, -0.2) is 19.5 Å². The van der Waals surface area contributed by atoms with Crippen molar-refractivity contribution < 1.29 is 0 Å². The van der Waals surface area contributed by atoms with Crippen molar-refractivity contribution in [1.82, 2.24) is 19.5 Å². The zero-order valence-corrected chi connectivity index (χ0v) is 7.90. The van der Waals surface area contributed by atoms with Gasteiger partial charge >= 0.3 is 0 Å². The predicted molar refractivity (Wildman–Crippen MR) is 49.4 cm³/mol. The van der Waals surface area contributed by atoms with E-state index >= 15 is 0 Å². The van der Waals surface area contributed by atoms with Gasteiger partial charge in [0, 0.05) is 31.8 Å². The molecule has 0 aliphatic rings. The first-order chi connectivity index (χ1) is 6.36. The molecule has 0 radical (unpaired) electrons. The number of nitrogens with zero attached hydrogens (tertiary/aromatic N) is 4. The van der Waals surface area contributed by atoms with Gasteiger partial charge in [-0.05, 0) is 11.8 Å². The van der Waals surface area contributed by atoms with Crippen molar-refractivity contribution in [3.05, 3.63) is 31.0 Å². The second kappa shape index (κ2) is 3.57. The summed E-state index contributed by atoms with van der Waals surface area (Å²) < 4.78 is 1.94. The van der Waals surface area contributed by atoms with E-state index in [4.69, 9.17) is 0 Å². The molecule has 66 valence electrons. The van der Waals surface area contributed by atoms with E-state index in [1.165, 1.54) is 11.8 Å². The van der Waals surface area contributed by atoms with Crippen LogP contribution >= 0.6 is 11.8 Å². The summed E-state index contributed by atoms with van der Waals surface area (Å²) in [5, 5.41) is 1.78. The minimum absolute atomic E-state index is 0.858. The van der Waals surface area contributed by atoms with Crippen LogP contribution in [0.5, 0.6) is 0 Å². The lowest BCUT2D eigenvalue weighted by molar-refractivity contribution is 0.788. The highest BCUT2D eigenvalue weighted by molar-refractivity contribution is 7.99. The van der Waals surface area contributed by atoms with E-state index < -0.39 is 0 Å². The summed E-state index contributed by atoms with van der Waals surface area (Å²) in [6.45, 7) is 0. The Hall–Kier alpha value is -1.36. The monoisotopic (exact) mass is 192 g/mol. The largest absolute Gasteiger partial charge is 0.329 e. The fourth-order valence-electron chi connectivity index (χ4n) is 0.882.